The summed E-state index contributed by atoms with van der Waals surface area (Å²) in [6.45, 7) is 0. The number of nitrogens with one attached hydrogen (secondary N) is 1. The third-order valence-corrected chi connectivity index (χ3v) is 1.69. The summed E-state index contributed by atoms with van der Waals surface area (Å²) in [6, 6.07) is 0. The second kappa shape index (κ2) is 2.51. The number of aromatic nitrogens is 2. The standard InChI is InChI=1S/C7H6ClN3/c8-7-3-5-6(4-11-7)10-2-1-9-5/h1-4,7,11H. The number of nitrogens with zero attached hydrogens (tertiary/aromatic N) is 2. The summed E-state index contributed by atoms with van der Waals surface area (Å²) in [5.74, 6) is 0. The second-order valence-corrected chi connectivity index (χ2v) is 2.68. The average molecular weight is 168 g/mol. The fourth-order valence-electron chi connectivity index (χ4n) is 0.944. The Bertz CT molecular complexity index is 374. The van der Waals surface area contributed by atoms with Gasteiger partial charge in [-0.1, -0.05) is 11.6 Å². The molecule has 0 spiro atoms. The van der Waals surface area contributed by atoms with Crippen molar-refractivity contribution in [2.24, 2.45) is 0 Å². The minimum absolute atomic E-state index is 0.167. The van der Waals surface area contributed by atoms with E-state index in [4.69, 9.17) is 11.6 Å². The Labute approximate surface area is 68.4 Å². The molecule has 1 atom stereocenters. The van der Waals surface area contributed by atoms with Crippen molar-refractivity contribution in [1.82, 2.24) is 15.3 Å². The molecule has 3 nitrogen and oxygen atoms in total. The number of alkyl halides is 1. The maximum atomic E-state index is 5.78. The lowest BCUT2D eigenvalue weighted by molar-refractivity contribution is 0.940. The highest BCUT2D eigenvalue weighted by Crippen LogP contribution is 1.91. The molecule has 0 saturated heterocycles. The fourth-order valence-corrected chi connectivity index (χ4v) is 1.13. The van der Waals surface area contributed by atoms with Crippen LogP contribution in [0.1, 0.15) is 0 Å². The van der Waals surface area contributed by atoms with Crippen LogP contribution in [0.2, 0.25) is 0 Å². The largest absolute Gasteiger partial charge is 0.370 e. The third kappa shape index (κ3) is 1.19. The van der Waals surface area contributed by atoms with E-state index in [0.29, 0.717) is 0 Å². The molecule has 0 amide bonds. The normalized spacial score (nSPS) is 20.6. The molecule has 11 heavy (non-hydrogen) atoms. The Balaban J connectivity index is 2.73. The van der Waals surface area contributed by atoms with Gasteiger partial charge in [0, 0.05) is 18.6 Å². The van der Waals surface area contributed by atoms with E-state index in [0.717, 1.165) is 10.7 Å². The maximum absolute atomic E-state index is 5.78. The van der Waals surface area contributed by atoms with Crippen LogP contribution in [0.5, 0.6) is 0 Å². The molecule has 1 unspecified atom stereocenters. The zero-order valence-corrected chi connectivity index (χ0v) is 6.42. The predicted molar refractivity (Wildman–Crippen MR) is 43.0 cm³/mol. The average Bonchev–Trinajstić information content (AvgIpc) is 2.04. The molecular formula is C7H6ClN3. The van der Waals surface area contributed by atoms with Crippen molar-refractivity contribution in [2.45, 2.75) is 5.50 Å². The minimum atomic E-state index is -0.167. The molecule has 56 valence electrons. The van der Waals surface area contributed by atoms with Crippen LogP contribution in [0.15, 0.2) is 12.4 Å². The molecular weight excluding hydrogens is 162 g/mol. The molecule has 0 aliphatic carbocycles. The Hall–Kier alpha value is -1.09. The third-order valence-electron chi connectivity index (χ3n) is 1.44. The summed E-state index contributed by atoms with van der Waals surface area (Å²) >= 11 is 5.78. The zero-order valence-electron chi connectivity index (χ0n) is 5.66. The first-order valence-corrected chi connectivity index (χ1v) is 3.69. The second-order valence-electron chi connectivity index (χ2n) is 2.21. The van der Waals surface area contributed by atoms with Gasteiger partial charge in [-0.25, -0.2) is 0 Å². The summed E-state index contributed by atoms with van der Waals surface area (Å²) in [5.41, 5.74) is -0.167. The van der Waals surface area contributed by atoms with Gasteiger partial charge in [-0.15, -0.1) is 0 Å². The smallest absolute Gasteiger partial charge is 0.122 e. The highest BCUT2D eigenvalue weighted by molar-refractivity contribution is 6.23. The van der Waals surface area contributed by atoms with Gasteiger partial charge in [-0.2, -0.15) is 0 Å². The van der Waals surface area contributed by atoms with Crippen molar-refractivity contribution in [2.75, 3.05) is 0 Å². The lowest BCUT2D eigenvalue weighted by Gasteiger charge is -2.06. The van der Waals surface area contributed by atoms with Crippen molar-refractivity contribution >= 4 is 23.9 Å². The van der Waals surface area contributed by atoms with Crippen LogP contribution < -0.4 is 16.0 Å². The molecule has 2 heterocycles. The van der Waals surface area contributed by atoms with Crippen LogP contribution in [-0.2, 0) is 0 Å². The summed E-state index contributed by atoms with van der Waals surface area (Å²) < 4.78 is 0. The molecule has 1 aromatic heterocycles. The van der Waals surface area contributed by atoms with Crippen molar-refractivity contribution < 1.29 is 0 Å². The zero-order chi connectivity index (χ0) is 7.68. The predicted octanol–water partition coefficient (Wildman–Crippen LogP) is -0.837. The first-order chi connectivity index (χ1) is 5.36. The van der Waals surface area contributed by atoms with Gasteiger partial charge in [0.15, 0.2) is 0 Å². The number of hydrogen-bond donors (Lipinski definition) is 1. The van der Waals surface area contributed by atoms with Crippen LogP contribution in [0.25, 0.3) is 12.3 Å². The fraction of sp³-hybridized carbons (Fsp3) is 0.143. The highest BCUT2D eigenvalue weighted by Gasteiger charge is 2.01. The van der Waals surface area contributed by atoms with Crippen LogP contribution >= 0.6 is 11.6 Å². The minimum Gasteiger partial charge on any atom is -0.370 e. The SMILES string of the molecule is ClC1C=c2nccnc2=CN1. The number of hydrogen-bond acceptors (Lipinski definition) is 3. The van der Waals surface area contributed by atoms with E-state index in [1.807, 2.05) is 6.08 Å². The van der Waals surface area contributed by atoms with E-state index in [1.54, 1.807) is 18.6 Å². The lowest BCUT2D eigenvalue weighted by Crippen LogP contribution is -2.39. The Morgan fingerprint density at radius 1 is 1.27 bits per heavy atom. The van der Waals surface area contributed by atoms with E-state index in [9.17, 15) is 0 Å². The monoisotopic (exact) mass is 167 g/mol. The van der Waals surface area contributed by atoms with E-state index < -0.39 is 0 Å². The Morgan fingerprint density at radius 3 is 2.82 bits per heavy atom. The number of rotatable bonds is 0. The van der Waals surface area contributed by atoms with Crippen LogP contribution in [0, 0.1) is 0 Å². The summed E-state index contributed by atoms with van der Waals surface area (Å²) in [4.78, 5) is 8.18. The van der Waals surface area contributed by atoms with Gasteiger partial charge in [0.05, 0.1) is 5.35 Å². The number of fused-ring (bicyclic) bond motifs is 1. The van der Waals surface area contributed by atoms with E-state index in [-0.39, 0.29) is 5.50 Å². The van der Waals surface area contributed by atoms with Crippen molar-refractivity contribution in [3.05, 3.63) is 23.1 Å². The molecule has 0 saturated carbocycles. The van der Waals surface area contributed by atoms with Gasteiger partial charge < -0.3 is 5.32 Å². The highest BCUT2D eigenvalue weighted by atomic mass is 35.5. The van der Waals surface area contributed by atoms with Crippen molar-refractivity contribution in [3.63, 3.8) is 0 Å². The van der Waals surface area contributed by atoms with Gasteiger partial charge in [0.1, 0.15) is 10.9 Å². The Morgan fingerprint density at radius 2 is 2.00 bits per heavy atom. The number of halogens is 1. The molecule has 0 fully saturated rings. The van der Waals surface area contributed by atoms with E-state index >= 15 is 0 Å². The molecule has 0 aromatic carbocycles. The van der Waals surface area contributed by atoms with Crippen molar-refractivity contribution in [1.29, 1.82) is 0 Å². The van der Waals surface area contributed by atoms with Gasteiger partial charge in [-0.05, 0) is 6.08 Å². The molecule has 1 aromatic rings. The van der Waals surface area contributed by atoms with Crippen molar-refractivity contribution in [3.8, 4) is 0 Å². The van der Waals surface area contributed by atoms with Gasteiger partial charge in [0.2, 0.25) is 0 Å². The molecule has 1 aliphatic heterocycles. The van der Waals surface area contributed by atoms with E-state index in [1.165, 1.54) is 0 Å². The van der Waals surface area contributed by atoms with Crippen LogP contribution in [0.4, 0.5) is 0 Å². The molecule has 0 bridgehead atoms. The van der Waals surface area contributed by atoms with Crippen LogP contribution in [-0.4, -0.2) is 15.5 Å². The van der Waals surface area contributed by atoms with E-state index in [2.05, 4.69) is 15.3 Å². The molecule has 1 N–H and O–H groups in total. The summed E-state index contributed by atoms with van der Waals surface area (Å²) in [5, 5.41) is 4.60. The first kappa shape index (κ1) is 6.61. The summed E-state index contributed by atoms with van der Waals surface area (Å²) in [7, 11) is 0. The lowest BCUT2D eigenvalue weighted by atomic mass is 10.4. The molecule has 2 rings (SSSR count). The first-order valence-electron chi connectivity index (χ1n) is 3.25. The topological polar surface area (TPSA) is 37.8 Å². The molecule has 0 radical (unpaired) electrons. The van der Waals surface area contributed by atoms with Crippen LogP contribution in [0.3, 0.4) is 0 Å². The van der Waals surface area contributed by atoms with Gasteiger partial charge in [-0.3, -0.25) is 9.97 Å². The van der Waals surface area contributed by atoms with Gasteiger partial charge >= 0.3 is 0 Å². The van der Waals surface area contributed by atoms with Gasteiger partial charge in [0.25, 0.3) is 0 Å². The Kier molecular flexibility index (Phi) is 1.51. The maximum Gasteiger partial charge on any atom is 0.122 e. The molecule has 1 aliphatic rings. The quantitative estimate of drug-likeness (QED) is 0.405. The summed E-state index contributed by atoms with van der Waals surface area (Å²) in [6.07, 6.45) is 6.89. The molecule has 4 heteroatoms.